The Kier molecular flexibility index (Phi) is 4.35. The predicted octanol–water partition coefficient (Wildman–Crippen LogP) is 4.56. The summed E-state index contributed by atoms with van der Waals surface area (Å²) in [6.45, 7) is 0. The van der Waals surface area contributed by atoms with Crippen molar-refractivity contribution in [2.45, 2.75) is 0 Å². The van der Waals surface area contributed by atoms with Crippen molar-refractivity contribution in [1.82, 2.24) is 0 Å². The number of nitrogens with two attached hydrogens (primary N) is 1. The van der Waals surface area contributed by atoms with E-state index in [1.165, 1.54) is 0 Å². The van der Waals surface area contributed by atoms with Gasteiger partial charge in [-0.1, -0.05) is 0 Å². The van der Waals surface area contributed by atoms with E-state index in [4.69, 9.17) is 20.7 Å². The van der Waals surface area contributed by atoms with Crippen LogP contribution in [0.2, 0.25) is 0 Å². The van der Waals surface area contributed by atoms with Crippen LogP contribution in [0.3, 0.4) is 0 Å². The molecule has 0 spiro atoms. The zero-order chi connectivity index (χ0) is 21.7. The van der Waals surface area contributed by atoms with Gasteiger partial charge in [0.05, 0.1) is 0 Å². The minimum absolute atomic E-state index is 0.721. The second-order valence-electron chi connectivity index (χ2n) is 7.66. The number of benzene rings is 1. The van der Waals surface area contributed by atoms with Gasteiger partial charge in [0.25, 0.3) is 0 Å². The summed E-state index contributed by atoms with van der Waals surface area (Å²) in [5.74, 6) is 0. The van der Waals surface area contributed by atoms with Crippen LogP contribution in [0.1, 0.15) is 5.56 Å². The van der Waals surface area contributed by atoms with Gasteiger partial charge < -0.3 is 0 Å². The molecule has 6 heteroatoms. The molecule has 5 heterocycles. The number of fused-ring (bicyclic) bond motifs is 4. The summed E-state index contributed by atoms with van der Waals surface area (Å²) in [6.07, 6.45) is 19.8. The van der Waals surface area contributed by atoms with Gasteiger partial charge in [-0.05, 0) is 0 Å². The SMILES string of the molecule is Nc1ccc(C2=[C]([Mn])C3=NC2=CC2=NC(=CC4=NC(=CC5=NC(=C3)C=C5)C=C4)C=C2)cc1. The molecule has 2 N–H and O–H groups in total. The quantitative estimate of drug-likeness (QED) is 0.491. The van der Waals surface area contributed by atoms with Crippen molar-refractivity contribution in [1.29, 1.82) is 0 Å². The van der Waals surface area contributed by atoms with Gasteiger partial charge in [0.2, 0.25) is 0 Å². The normalized spacial score (nSPS) is 20.5. The van der Waals surface area contributed by atoms with Crippen LogP contribution in [0.15, 0.2) is 132 Å². The zero-order valence-corrected chi connectivity index (χ0v) is 18.0. The third kappa shape index (κ3) is 3.46. The number of nitrogen functional groups attached to an aromatic ring is 1. The Balaban J connectivity index is 1.54. The predicted molar refractivity (Wildman–Crippen MR) is 127 cm³/mol. The first-order valence-electron chi connectivity index (χ1n) is 10.1. The summed E-state index contributed by atoms with van der Waals surface area (Å²) >= 11 is 3.78. The van der Waals surface area contributed by atoms with Crippen molar-refractivity contribution in [3.63, 3.8) is 0 Å². The second kappa shape index (κ2) is 7.38. The molecule has 0 aliphatic carbocycles. The molecule has 0 saturated carbocycles. The average Bonchev–Trinajstić information content (AvgIpc) is 3.55. The molecule has 1 aromatic rings. The standard InChI is InChI=1S/C26H16N5.Mn/c27-17-3-1-16(2-4-17)25-14-24-13-22-8-7-20(29-22)11-18-5-6-19(28-18)12-21-9-10-23(30-21)15-26(25)31-24;/h1-13,15H,27H2;. The topological polar surface area (TPSA) is 75.5 Å². The molecule has 0 unspecified atom stereocenters. The van der Waals surface area contributed by atoms with Crippen LogP contribution in [0.25, 0.3) is 5.57 Å². The molecule has 0 atom stereocenters. The molecular formula is C26H16MnN5. The molecule has 0 amide bonds. The molecule has 1 aromatic carbocycles. The van der Waals surface area contributed by atoms with E-state index in [9.17, 15) is 0 Å². The zero-order valence-electron chi connectivity index (χ0n) is 16.8. The summed E-state index contributed by atoms with van der Waals surface area (Å²) in [5.41, 5.74) is 15.4. The number of hydrogen-bond donors (Lipinski definition) is 1. The van der Waals surface area contributed by atoms with Gasteiger partial charge in [-0.15, -0.1) is 0 Å². The monoisotopic (exact) mass is 453 g/mol. The van der Waals surface area contributed by atoms with E-state index in [2.05, 4.69) is 21.0 Å². The van der Waals surface area contributed by atoms with Gasteiger partial charge in [-0.2, -0.15) is 0 Å². The number of rotatable bonds is 1. The Labute approximate surface area is 193 Å². The Morgan fingerprint density at radius 2 is 1.12 bits per heavy atom. The Hall–Kier alpha value is -3.86. The van der Waals surface area contributed by atoms with Crippen molar-refractivity contribution in [3.8, 4) is 0 Å². The first kappa shape index (κ1) is 18.9. The molecule has 0 aromatic heterocycles. The average molecular weight is 453 g/mol. The number of anilines is 1. The molecule has 5 nitrogen and oxygen atoms in total. The van der Waals surface area contributed by atoms with E-state index < -0.39 is 0 Å². The Morgan fingerprint density at radius 1 is 0.594 bits per heavy atom. The van der Waals surface area contributed by atoms with E-state index in [-0.39, 0.29) is 0 Å². The maximum absolute atomic E-state index is 5.91. The number of hydrogen-bond acceptors (Lipinski definition) is 5. The summed E-state index contributed by atoms with van der Waals surface area (Å²) < 4.78 is 0.909. The molecule has 5 aliphatic rings. The molecule has 32 heavy (non-hydrogen) atoms. The van der Waals surface area contributed by atoms with E-state index in [1.807, 2.05) is 85.0 Å². The number of nitrogens with zero attached hydrogens (tertiary/aromatic N) is 4. The molecule has 6 rings (SSSR count). The minimum atomic E-state index is 0.721. The van der Waals surface area contributed by atoms with E-state index in [1.54, 1.807) is 0 Å². The Morgan fingerprint density at radius 3 is 1.72 bits per heavy atom. The molecule has 8 bridgehead atoms. The fraction of sp³-hybridized carbons (Fsp3) is 0. The van der Waals surface area contributed by atoms with Crippen LogP contribution in [0, 0.1) is 0 Å². The van der Waals surface area contributed by atoms with Gasteiger partial charge in [-0.25, -0.2) is 0 Å². The van der Waals surface area contributed by atoms with Crippen molar-refractivity contribution in [2.75, 3.05) is 5.73 Å². The third-order valence-corrected chi connectivity index (χ3v) is 5.95. The summed E-state index contributed by atoms with van der Waals surface area (Å²) in [7, 11) is 0. The van der Waals surface area contributed by atoms with Crippen molar-refractivity contribution in [3.05, 3.63) is 118 Å². The molecule has 152 valence electrons. The van der Waals surface area contributed by atoms with Crippen molar-refractivity contribution < 1.29 is 16.0 Å². The van der Waals surface area contributed by atoms with E-state index >= 15 is 0 Å². The van der Waals surface area contributed by atoms with Crippen LogP contribution < -0.4 is 5.73 Å². The van der Waals surface area contributed by atoms with Crippen molar-refractivity contribution >= 4 is 34.1 Å². The van der Waals surface area contributed by atoms with Crippen molar-refractivity contribution in [2.24, 2.45) is 20.0 Å². The van der Waals surface area contributed by atoms with Crippen LogP contribution in [-0.4, -0.2) is 22.8 Å². The third-order valence-electron chi connectivity index (χ3n) is 5.35. The molecule has 5 aliphatic heterocycles. The van der Waals surface area contributed by atoms with Gasteiger partial charge in [0.15, 0.2) is 0 Å². The number of aliphatic imine (C=N–C) groups is 4. The van der Waals surface area contributed by atoms with Crippen LogP contribution >= 0.6 is 0 Å². The molecule has 0 fully saturated rings. The fourth-order valence-electron chi connectivity index (χ4n) is 3.85. The summed E-state index contributed by atoms with van der Waals surface area (Å²) in [5, 5.41) is 0. The fourth-order valence-corrected chi connectivity index (χ4v) is 4.32. The number of allylic oxidation sites excluding steroid dienone is 12. The van der Waals surface area contributed by atoms with Gasteiger partial charge in [0.1, 0.15) is 0 Å². The van der Waals surface area contributed by atoms with Gasteiger partial charge in [-0.3, -0.25) is 0 Å². The first-order valence-corrected chi connectivity index (χ1v) is 10.7. The van der Waals surface area contributed by atoms with Crippen LogP contribution in [-0.2, 0) is 16.0 Å². The first-order chi connectivity index (χ1) is 15.6. The van der Waals surface area contributed by atoms with E-state index in [0.717, 1.165) is 66.9 Å². The molecule has 0 radical (unpaired) electrons. The van der Waals surface area contributed by atoms with Crippen LogP contribution in [0.4, 0.5) is 5.69 Å². The molecular weight excluding hydrogens is 437 g/mol. The second-order valence-corrected chi connectivity index (χ2v) is 8.25. The summed E-state index contributed by atoms with van der Waals surface area (Å²) in [4.78, 5) is 19.0. The van der Waals surface area contributed by atoms with Crippen LogP contribution in [0.5, 0.6) is 0 Å². The van der Waals surface area contributed by atoms with Gasteiger partial charge >= 0.3 is 194 Å². The Bertz CT molecular complexity index is 1450. The van der Waals surface area contributed by atoms with E-state index in [0.29, 0.717) is 0 Å². The molecule has 0 saturated heterocycles. The maximum atomic E-state index is 5.91. The summed E-state index contributed by atoms with van der Waals surface area (Å²) in [6, 6.07) is 7.80. The van der Waals surface area contributed by atoms with Gasteiger partial charge in [0, 0.05) is 0 Å².